The summed E-state index contributed by atoms with van der Waals surface area (Å²) in [5.74, 6) is -9.50. The van der Waals surface area contributed by atoms with Crippen molar-refractivity contribution < 1.29 is 35.2 Å². The van der Waals surface area contributed by atoms with Crippen molar-refractivity contribution in [1.29, 1.82) is 0 Å². The number of benzene rings is 1. The molecule has 0 fully saturated rings. The molecule has 0 radical (unpaired) electrons. The van der Waals surface area contributed by atoms with Gasteiger partial charge < -0.3 is 13.3 Å². The summed E-state index contributed by atoms with van der Waals surface area (Å²) in [6.07, 6.45) is 1.11. The molecule has 1 aromatic carbocycles. The van der Waals surface area contributed by atoms with Crippen LogP contribution in [0.2, 0.25) is 6.04 Å². The van der Waals surface area contributed by atoms with Gasteiger partial charge in [-0.1, -0.05) is 6.42 Å². The summed E-state index contributed by atoms with van der Waals surface area (Å²) in [5.41, 5.74) is -0.782. The van der Waals surface area contributed by atoms with Gasteiger partial charge in [-0.15, -0.1) is 0 Å². The van der Waals surface area contributed by atoms with Crippen molar-refractivity contribution in [3.63, 3.8) is 0 Å². The first-order valence-corrected chi connectivity index (χ1v) is 8.92. The van der Waals surface area contributed by atoms with Crippen molar-refractivity contribution in [2.75, 3.05) is 21.3 Å². The highest BCUT2D eigenvalue weighted by Gasteiger charge is 2.36. The van der Waals surface area contributed by atoms with Gasteiger partial charge in [-0.25, -0.2) is 22.0 Å². The van der Waals surface area contributed by atoms with Crippen LogP contribution in [0.15, 0.2) is 0 Å². The fourth-order valence-electron chi connectivity index (χ4n) is 2.25. The summed E-state index contributed by atoms with van der Waals surface area (Å²) in [4.78, 5) is 0. The second-order valence-electron chi connectivity index (χ2n) is 4.90. The minimum absolute atomic E-state index is 0.243. The highest BCUT2D eigenvalue weighted by Crippen LogP contribution is 2.25. The molecule has 0 spiro atoms. The van der Waals surface area contributed by atoms with Gasteiger partial charge in [0.15, 0.2) is 23.3 Å². The van der Waals surface area contributed by atoms with Crippen LogP contribution in [0.1, 0.15) is 24.8 Å². The van der Waals surface area contributed by atoms with E-state index in [0.29, 0.717) is 18.9 Å². The van der Waals surface area contributed by atoms with Crippen LogP contribution in [0.5, 0.6) is 0 Å². The molecule has 0 aromatic heterocycles. The molecular formula is C14H19F5O3Si. The van der Waals surface area contributed by atoms with E-state index in [4.69, 9.17) is 13.3 Å². The van der Waals surface area contributed by atoms with E-state index in [2.05, 4.69) is 0 Å². The molecule has 0 unspecified atom stereocenters. The zero-order chi connectivity index (χ0) is 17.6. The summed E-state index contributed by atoms with van der Waals surface area (Å²) >= 11 is 0. The Kier molecular flexibility index (Phi) is 7.58. The van der Waals surface area contributed by atoms with Crippen LogP contribution in [0, 0.1) is 29.1 Å². The second kappa shape index (κ2) is 8.72. The molecule has 3 nitrogen and oxygen atoms in total. The van der Waals surface area contributed by atoms with Gasteiger partial charge in [0.1, 0.15) is 0 Å². The third kappa shape index (κ3) is 4.49. The van der Waals surface area contributed by atoms with Crippen molar-refractivity contribution in [1.82, 2.24) is 0 Å². The SMILES string of the molecule is CO[Si](CCCCCc1c(F)c(F)c(F)c(F)c1F)(OC)OC. The summed E-state index contributed by atoms with van der Waals surface area (Å²) < 4.78 is 81.7. The topological polar surface area (TPSA) is 27.7 Å². The number of rotatable bonds is 9. The molecule has 0 aliphatic rings. The van der Waals surface area contributed by atoms with Gasteiger partial charge in [0.05, 0.1) is 0 Å². The van der Waals surface area contributed by atoms with Crippen LogP contribution in [-0.2, 0) is 19.7 Å². The van der Waals surface area contributed by atoms with Crippen LogP contribution in [0.4, 0.5) is 22.0 Å². The fraction of sp³-hybridized carbons (Fsp3) is 0.571. The summed E-state index contributed by atoms with van der Waals surface area (Å²) in [6.45, 7) is 0. The monoisotopic (exact) mass is 358 g/mol. The molecule has 9 heteroatoms. The van der Waals surface area contributed by atoms with E-state index < -0.39 is 43.5 Å². The Bertz CT molecular complexity index is 500. The minimum Gasteiger partial charge on any atom is -0.377 e. The number of halogens is 5. The largest absolute Gasteiger partial charge is 0.500 e. The summed E-state index contributed by atoms with van der Waals surface area (Å²) in [7, 11) is 1.69. The normalized spacial score (nSPS) is 12.0. The van der Waals surface area contributed by atoms with E-state index in [1.165, 1.54) is 21.3 Å². The Morgan fingerprint density at radius 1 is 0.652 bits per heavy atom. The van der Waals surface area contributed by atoms with Gasteiger partial charge in [-0.3, -0.25) is 0 Å². The zero-order valence-corrected chi connectivity index (χ0v) is 14.2. The lowest BCUT2D eigenvalue weighted by molar-refractivity contribution is 0.122. The van der Waals surface area contributed by atoms with Crippen LogP contribution in [0.3, 0.4) is 0 Å². The first kappa shape index (κ1) is 20.0. The third-order valence-corrected chi connectivity index (χ3v) is 6.48. The molecule has 1 aromatic rings. The van der Waals surface area contributed by atoms with Crippen molar-refractivity contribution in [3.05, 3.63) is 34.6 Å². The lowest BCUT2D eigenvalue weighted by Gasteiger charge is -2.24. The zero-order valence-electron chi connectivity index (χ0n) is 13.2. The molecule has 0 aliphatic heterocycles. The maximum absolute atomic E-state index is 13.5. The summed E-state index contributed by atoms with van der Waals surface area (Å²) in [5, 5.41) is 0. The van der Waals surface area contributed by atoms with Crippen LogP contribution >= 0.6 is 0 Å². The van der Waals surface area contributed by atoms with Gasteiger partial charge in [-0.05, 0) is 19.3 Å². The Morgan fingerprint density at radius 3 is 1.52 bits per heavy atom. The van der Waals surface area contributed by atoms with E-state index in [0.717, 1.165) is 0 Å². The Labute approximate surface area is 132 Å². The lowest BCUT2D eigenvalue weighted by atomic mass is 10.1. The van der Waals surface area contributed by atoms with Gasteiger partial charge >= 0.3 is 8.80 Å². The lowest BCUT2D eigenvalue weighted by Crippen LogP contribution is -2.42. The van der Waals surface area contributed by atoms with Gasteiger partial charge in [-0.2, -0.15) is 0 Å². The number of unbranched alkanes of at least 4 members (excludes halogenated alkanes) is 2. The standard InChI is InChI=1S/C14H19F5O3Si/c1-20-23(21-2,22-3)8-6-4-5-7-9-10(15)12(17)14(19)13(18)11(9)16/h4-8H2,1-3H3. The molecule has 132 valence electrons. The van der Waals surface area contributed by atoms with Gasteiger partial charge in [0.25, 0.3) is 0 Å². The molecular weight excluding hydrogens is 339 g/mol. The highest BCUT2D eigenvalue weighted by molar-refractivity contribution is 6.60. The third-order valence-electron chi connectivity index (χ3n) is 3.64. The quantitative estimate of drug-likeness (QED) is 0.220. The molecule has 0 saturated carbocycles. The first-order chi connectivity index (χ1) is 10.8. The predicted octanol–water partition coefficient (Wildman–Crippen LogP) is 3.97. The molecule has 0 atom stereocenters. The molecule has 0 bridgehead atoms. The molecule has 23 heavy (non-hydrogen) atoms. The van der Waals surface area contributed by atoms with E-state index in [1.807, 2.05) is 0 Å². The first-order valence-electron chi connectivity index (χ1n) is 6.99. The highest BCUT2D eigenvalue weighted by atomic mass is 28.4. The van der Waals surface area contributed by atoms with E-state index in [1.54, 1.807) is 0 Å². The molecule has 0 heterocycles. The van der Waals surface area contributed by atoms with Crippen molar-refractivity contribution in [2.45, 2.75) is 31.7 Å². The number of hydrogen-bond donors (Lipinski definition) is 0. The fourth-order valence-corrected chi connectivity index (χ4v) is 4.04. The van der Waals surface area contributed by atoms with E-state index in [9.17, 15) is 22.0 Å². The van der Waals surface area contributed by atoms with Crippen LogP contribution in [-0.4, -0.2) is 30.1 Å². The van der Waals surface area contributed by atoms with Crippen molar-refractivity contribution >= 4 is 8.80 Å². The maximum atomic E-state index is 13.5. The van der Waals surface area contributed by atoms with Gasteiger partial charge in [0.2, 0.25) is 5.82 Å². The van der Waals surface area contributed by atoms with Crippen molar-refractivity contribution in [3.8, 4) is 0 Å². The predicted molar refractivity (Wildman–Crippen MR) is 75.4 cm³/mol. The summed E-state index contributed by atoms with van der Waals surface area (Å²) in [6, 6.07) is 0.494. The van der Waals surface area contributed by atoms with Crippen LogP contribution in [0.25, 0.3) is 0 Å². The minimum atomic E-state index is -2.71. The average molecular weight is 358 g/mol. The van der Waals surface area contributed by atoms with Gasteiger partial charge in [0, 0.05) is 32.9 Å². The Morgan fingerprint density at radius 2 is 1.09 bits per heavy atom. The van der Waals surface area contributed by atoms with Crippen molar-refractivity contribution in [2.24, 2.45) is 0 Å². The smallest absolute Gasteiger partial charge is 0.377 e. The van der Waals surface area contributed by atoms with E-state index >= 15 is 0 Å². The molecule has 0 N–H and O–H groups in total. The Balaban J connectivity index is 2.61. The number of hydrogen-bond acceptors (Lipinski definition) is 3. The molecule has 1 rings (SSSR count). The molecule has 0 aliphatic carbocycles. The second-order valence-corrected chi connectivity index (χ2v) is 8.00. The Hall–Kier alpha value is -1.03. The van der Waals surface area contributed by atoms with Crippen LogP contribution < -0.4 is 0 Å². The van der Waals surface area contributed by atoms with E-state index in [-0.39, 0.29) is 12.8 Å². The molecule has 0 amide bonds. The molecule has 0 saturated heterocycles. The average Bonchev–Trinajstić information content (AvgIpc) is 2.57. The maximum Gasteiger partial charge on any atom is 0.500 e.